The lowest BCUT2D eigenvalue weighted by atomic mass is 10.1. The third-order valence-corrected chi connectivity index (χ3v) is 2.37. The van der Waals surface area contributed by atoms with Crippen molar-refractivity contribution >= 4 is 17.6 Å². The molecule has 0 radical (unpaired) electrons. The molecule has 2 unspecified atom stereocenters. The SMILES string of the molecule is CC(O)C(=O)Nc1ccc(CC(N)C(=O)O)cc1. The minimum Gasteiger partial charge on any atom is -0.480 e. The predicted octanol–water partition coefficient (Wildman–Crippen LogP) is -0.0397. The summed E-state index contributed by atoms with van der Waals surface area (Å²) in [4.78, 5) is 21.8. The van der Waals surface area contributed by atoms with Gasteiger partial charge >= 0.3 is 5.97 Å². The van der Waals surface area contributed by atoms with E-state index in [4.69, 9.17) is 15.9 Å². The standard InChI is InChI=1S/C12H16N2O4/c1-7(15)11(16)14-9-4-2-8(3-5-9)6-10(13)12(17)18/h2-5,7,10,15H,6,13H2,1H3,(H,14,16)(H,17,18). The number of benzene rings is 1. The Bertz CT molecular complexity index is 428. The highest BCUT2D eigenvalue weighted by Crippen LogP contribution is 2.11. The normalized spacial score (nSPS) is 13.7. The van der Waals surface area contributed by atoms with Crippen LogP contribution in [0.1, 0.15) is 12.5 Å². The first-order chi connectivity index (χ1) is 8.40. The van der Waals surface area contributed by atoms with Crippen LogP contribution >= 0.6 is 0 Å². The fourth-order valence-corrected chi connectivity index (χ4v) is 1.31. The molecule has 98 valence electrons. The molecule has 0 fully saturated rings. The van der Waals surface area contributed by atoms with Crippen molar-refractivity contribution in [3.05, 3.63) is 29.8 Å². The fourth-order valence-electron chi connectivity index (χ4n) is 1.31. The van der Waals surface area contributed by atoms with Crippen molar-refractivity contribution < 1.29 is 19.8 Å². The van der Waals surface area contributed by atoms with Crippen LogP contribution in [0.2, 0.25) is 0 Å². The Hall–Kier alpha value is -1.92. The second-order valence-electron chi connectivity index (χ2n) is 4.01. The Labute approximate surface area is 104 Å². The topological polar surface area (TPSA) is 113 Å². The van der Waals surface area contributed by atoms with E-state index in [1.165, 1.54) is 6.92 Å². The van der Waals surface area contributed by atoms with Crippen LogP contribution in [-0.2, 0) is 16.0 Å². The van der Waals surface area contributed by atoms with Gasteiger partial charge in [-0.3, -0.25) is 9.59 Å². The third-order valence-electron chi connectivity index (χ3n) is 2.37. The lowest BCUT2D eigenvalue weighted by Crippen LogP contribution is -2.32. The Morgan fingerprint density at radius 3 is 2.33 bits per heavy atom. The smallest absolute Gasteiger partial charge is 0.320 e. The maximum absolute atomic E-state index is 11.2. The second kappa shape index (κ2) is 6.13. The van der Waals surface area contributed by atoms with E-state index in [0.717, 1.165) is 5.56 Å². The van der Waals surface area contributed by atoms with Crippen molar-refractivity contribution in [3.63, 3.8) is 0 Å². The zero-order valence-corrected chi connectivity index (χ0v) is 9.96. The number of carbonyl (C=O) groups excluding carboxylic acids is 1. The van der Waals surface area contributed by atoms with Crippen LogP contribution in [-0.4, -0.2) is 34.2 Å². The Kier molecular flexibility index (Phi) is 4.82. The molecule has 1 aromatic rings. The summed E-state index contributed by atoms with van der Waals surface area (Å²) >= 11 is 0. The molecule has 6 heteroatoms. The molecular formula is C12H16N2O4. The summed E-state index contributed by atoms with van der Waals surface area (Å²) in [5.74, 6) is -1.55. The van der Waals surface area contributed by atoms with Crippen molar-refractivity contribution in [2.75, 3.05) is 5.32 Å². The monoisotopic (exact) mass is 252 g/mol. The summed E-state index contributed by atoms with van der Waals surface area (Å²) in [5.41, 5.74) is 6.70. The molecule has 0 heterocycles. The van der Waals surface area contributed by atoms with Gasteiger partial charge in [-0.25, -0.2) is 0 Å². The number of amides is 1. The first-order valence-corrected chi connectivity index (χ1v) is 5.46. The van der Waals surface area contributed by atoms with E-state index < -0.39 is 24.0 Å². The molecule has 0 aliphatic heterocycles. The van der Waals surface area contributed by atoms with Gasteiger partial charge in [-0.05, 0) is 31.0 Å². The van der Waals surface area contributed by atoms with Gasteiger partial charge in [0, 0.05) is 5.69 Å². The van der Waals surface area contributed by atoms with Crippen LogP contribution in [0.25, 0.3) is 0 Å². The van der Waals surface area contributed by atoms with Gasteiger partial charge in [0.05, 0.1) is 0 Å². The maximum Gasteiger partial charge on any atom is 0.320 e. The maximum atomic E-state index is 11.2. The molecule has 0 saturated carbocycles. The Morgan fingerprint density at radius 1 is 1.33 bits per heavy atom. The third kappa shape index (κ3) is 4.15. The summed E-state index contributed by atoms with van der Waals surface area (Å²) in [6, 6.07) is 5.68. The molecule has 5 N–H and O–H groups in total. The number of carboxylic acids is 1. The van der Waals surface area contributed by atoms with E-state index in [1.54, 1.807) is 24.3 Å². The average Bonchev–Trinajstić information content (AvgIpc) is 2.31. The van der Waals surface area contributed by atoms with E-state index in [1.807, 2.05) is 0 Å². The first kappa shape index (κ1) is 14.1. The molecule has 0 spiro atoms. The number of nitrogens with two attached hydrogens (primary N) is 1. The van der Waals surface area contributed by atoms with E-state index in [9.17, 15) is 9.59 Å². The molecule has 0 bridgehead atoms. The largest absolute Gasteiger partial charge is 0.480 e. The number of hydrogen-bond acceptors (Lipinski definition) is 4. The van der Waals surface area contributed by atoms with Crippen molar-refractivity contribution in [2.45, 2.75) is 25.5 Å². The molecule has 1 amide bonds. The number of aliphatic carboxylic acids is 1. The van der Waals surface area contributed by atoms with Gasteiger partial charge in [0.25, 0.3) is 5.91 Å². The van der Waals surface area contributed by atoms with Gasteiger partial charge in [0.15, 0.2) is 0 Å². The molecule has 6 nitrogen and oxygen atoms in total. The summed E-state index contributed by atoms with van der Waals surface area (Å²) in [6.07, 6.45) is -0.856. The summed E-state index contributed by atoms with van der Waals surface area (Å²) < 4.78 is 0. The van der Waals surface area contributed by atoms with Gasteiger partial charge in [0.1, 0.15) is 12.1 Å². The highest BCUT2D eigenvalue weighted by Gasteiger charge is 2.12. The number of hydrogen-bond donors (Lipinski definition) is 4. The number of nitrogens with one attached hydrogen (secondary N) is 1. The number of carbonyl (C=O) groups is 2. The van der Waals surface area contributed by atoms with Gasteiger partial charge in [-0.1, -0.05) is 12.1 Å². The van der Waals surface area contributed by atoms with Crippen molar-refractivity contribution in [1.82, 2.24) is 0 Å². The predicted molar refractivity (Wildman–Crippen MR) is 66.1 cm³/mol. The average molecular weight is 252 g/mol. The molecule has 1 aromatic carbocycles. The number of anilines is 1. The van der Waals surface area contributed by atoms with Crippen LogP contribution in [0.3, 0.4) is 0 Å². The van der Waals surface area contributed by atoms with Gasteiger partial charge in [0.2, 0.25) is 0 Å². The van der Waals surface area contributed by atoms with Crippen molar-refractivity contribution in [2.24, 2.45) is 5.73 Å². The molecule has 18 heavy (non-hydrogen) atoms. The van der Waals surface area contributed by atoms with E-state index in [0.29, 0.717) is 5.69 Å². The summed E-state index contributed by atoms with van der Waals surface area (Å²) in [5, 5.41) is 20.2. The second-order valence-corrected chi connectivity index (χ2v) is 4.01. The zero-order valence-electron chi connectivity index (χ0n) is 9.96. The van der Waals surface area contributed by atoms with Gasteiger partial charge < -0.3 is 21.3 Å². The highest BCUT2D eigenvalue weighted by molar-refractivity contribution is 5.93. The quantitative estimate of drug-likeness (QED) is 0.587. The highest BCUT2D eigenvalue weighted by atomic mass is 16.4. The molecule has 0 aromatic heterocycles. The zero-order chi connectivity index (χ0) is 13.7. The lowest BCUT2D eigenvalue weighted by Gasteiger charge is -2.09. The Morgan fingerprint density at radius 2 is 1.89 bits per heavy atom. The molecular weight excluding hydrogens is 236 g/mol. The molecule has 0 aliphatic carbocycles. The van der Waals surface area contributed by atoms with Crippen LogP contribution in [0.4, 0.5) is 5.69 Å². The van der Waals surface area contributed by atoms with Crippen LogP contribution < -0.4 is 11.1 Å². The van der Waals surface area contributed by atoms with E-state index >= 15 is 0 Å². The van der Waals surface area contributed by atoms with Crippen molar-refractivity contribution in [1.29, 1.82) is 0 Å². The van der Waals surface area contributed by atoms with E-state index in [2.05, 4.69) is 5.32 Å². The Balaban J connectivity index is 2.63. The first-order valence-electron chi connectivity index (χ1n) is 5.46. The minimum atomic E-state index is -1.08. The summed E-state index contributed by atoms with van der Waals surface area (Å²) in [6.45, 7) is 1.37. The van der Waals surface area contributed by atoms with Gasteiger partial charge in [-0.15, -0.1) is 0 Å². The van der Waals surface area contributed by atoms with Crippen LogP contribution in [0.5, 0.6) is 0 Å². The molecule has 0 saturated heterocycles. The lowest BCUT2D eigenvalue weighted by molar-refractivity contribution is -0.138. The summed E-state index contributed by atoms with van der Waals surface area (Å²) in [7, 11) is 0. The number of carboxylic acid groups (broad SMARTS) is 1. The molecule has 0 aliphatic rings. The van der Waals surface area contributed by atoms with Crippen LogP contribution in [0, 0.1) is 0 Å². The number of rotatable bonds is 5. The van der Waals surface area contributed by atoms with Crippen LogP contribution in [0.15, 0.2) is 24.3 Å². The molecule has 2 atom stereocenters. The molecule has 1 rings (SSSR count). The van der Waals surface area contributed by atoms with E-state index in [-0.39, 0.29) is 6.42 Å². The number of aliphatic hydroxyl groups is 1. The number of aliphatic hydroxyl groups excluding tert-OH is 1. The minimum absolute atomic E-state index is 0.222. The fraction of sp³-hybridized carbons (Fsp3) is 0.333. The van der Waals surface area contributed by atoms with Crippen molar-refractivity contribution in [3.8, 4) is 0 Å². The van der Waals surface area contributed by atoms with Gasteiger partial charge in [-0.2, -0.15) is 0 Å².